The van der Waals surface area contributed by atoms with Crippen LogP contribution in [0.2, 0.25) is 5.02 Å². The highest BCUT2D eigenvalue weighted by Gasteiger charge is 2.21. The molecule has 5 heteroatoms. The predicted molar refractivity (Wildman–Crippen MR) is 109 cm³/mol. The minimum atomic E-state index is -0.120. The van der Waals surface area contributed by atoms with E-state index in [4.69, 9.17) is 11.6 Å². The maximum atomic E-state index is 12.4. The lowest BCUT2D eigenvalue weighted by Gasteiger charge is -2.35. The molecule has 0 saturated carbocycles. The summed E-state index contributed by atoms with van der Waals surface area (Å²) in [5, 5.41) is 1.75. The van der Waals surface area contributed by atoms with Gasteiger partial charge in [-0.1, -0.05) is 35.7 Å². The summed E-state index contributed by atoms with van der Waals surface area (Å²) >= 11 is 6.07. The van der Waals surface area contributed by atoms with Crippen LogP contribution in [-0.2, 0) is 4.79 Å². The zero-order valence-corrected chi connectivity index (χ0v) is 15.5. The lowest BCUT2D eigenvalue weighted by Crippen LogP contribution is -2.48. The van der Waals surface area contributed by atoms with Crippen LogP contribution >= 0.6 is 11.6 Å². The van der Waals surface area contributed by atoms with E-state index in [0.29, 0.717) is 18.1 Å². The van der Waals surface area contributed by atoms with Crippen LogP contribution in [0, 0.1) is 11.8 Å². The maximum Gasteiger partial charge on any atom is 0.298 e. The van der Waals surface area contributed by atoms with Gasteiger partial charge in [0.15, 0.2) is 0 Å². The summed E-state index contributed by atoms with van der Waals surface area (Å²) in [6.07, 6.45) is 1.80. The number of rotatable bonds is 1. The van der Waals surface area contributed by atoms with Crippen molar-refractivity contribution in [3.8, 4) is 11.8 Å². The largest absolute Gasteiger partial charge is 0.367 e. The Morgan fingerprint density at radius 1 is 1.00 bits per heavy atom. The molecular weight excluding hydrogens is 358 g/mol. The highest BCUT2D eigenvalue weighted by atomic mass is 35.5. The zero-order chi connectivity index (χ0) is 18.6. The van der Waals surface area contributed by atoms with Gasteiger partial charge in [-0.3, -0.25) is 9.78 Å². The summed E-state index contributed by atoms with van der Waals surface area (Å²) in [5.74, 6) is 5.57. The molecule has 134 valence electrons. The SMILES string of the molecule is O=C(C#Cc1ccccc1)N1CCN(c2ccnc3cc(Cl)ccc23)CC1. The van der Waals surface area contributed by atoms with E-state index in [1.165, 1.54) is 0 Å². The van der Waals surface area contributed by atoms with Gasteiger partial charge in [-0.25, -0.2) is 0 Å². The van der Waals surface area contributed by atoms with E-state index < -0.39 is 0 Å². The van der Waals surface area contributed by atoms with Crippen molar-refractivity contribution < 1.29 is 4.79 Å². The van der Waals surface area contributed by atoms with Crippen molar-refractivity contribution in [3.63, 3.8) is 0 Å². The molecule has 0 radical (unpaired) electrons. The highest BCUT2D eigenvalue weighted by Crippen LogP contribution is 2.28. The summed E-state index contributed by atoms with van der Waals surface area (Å²) in [6.45, 7) is 2.83. The maximum absolute atomic E-state index is 12.4. The van der Waals surface area contributed by atoms with Gasteiger partial charge in [-0.05, 0) is 36.4 Å². The molecule has 1 aliphatic rings. The average molecular weight is 376 g/mol. The fourth-order valence-corrected chi connectivity index (χ4v) is 3.42. The smallest absolute Gasteiger partial charge is 0.298 e. The van der Waals surface area contributed by atoms with Crippen molar-refractivity contribution in [2.75, 3.05) is 31.1 Å². The van der Waals surface area contributed by atoms with Gasteiger partial charge in [0.05, 0.1) is 5.52 Å². The molecule has 2 aromatic carbocycles. The Bertz CT molecular complexity index is 1030. The van der Waals surface area contributed by atoms with Gasteiger partial charge >= 0.3 is 0 Å². The first kappa shape index (κ1) is 17.4. The second-order valence-electron chi connectivity index (χ2n) is 6.39. The first-order valence-electron chi connectivity index (χ1n) is 8.86. The van der Waals surface area contributed by atoms with Gasteiger partial charge < -0.3 is 9.80 Å². The van der Waals surface area contributed by atoms with Crippen LogP contribution in [0.1, 0.15) is 5.56 Å². The number of hydrogen-bond acceptors (Lipinski definition) is 3. The molecule has 1 saturated heterocycles. The second kappa shape index (κ2) is 7.69. The number of piperazine rings is 1. The van der Waals surface area contributed by atoms with Crippen molar-refractivity contribution in [3.05, 3.63) is 71.4 Å². The molecule has 0 unspecified atom stereocenters. The Labute approximate surface area is 163 Å². The van der Waals surface area contributed by atoms with E-state index >= 15 is 0 Å². The molecule has 4 nitrogen and oxygen atoms in total. The number of hydrogen-bond donors (Lipinski definition) is 0. The van der Waals surface area contributed by atoms with E-state index in [-0.39, 0.29) is 5.91 Å². The van der Waals surface area contributed by atoms with Crippen LogP contribution in [0.15, 0.2) is 60.8 Å². The fourth-order valence-electron chi connectivity index (χ4n) is 3.26. The summed E-state index contributed by atoms with van der Waals surface area (Å²) < 4.78 is 0. The summed E-state index contributed by atoms with van der Waals surface area (Å²) in [5.41, 5.74) is 2.86. The van der Waals surface area contributed by atoms with Crippen molar-refractivity contribution in [2.24, 2.45) is 0 Å². The second-order valence-corrected chi connectivity index (χ2v) is 6.82. The monoisotopic (exact) mass is 375 g/mol. The van der Waals surface area contributed by atoms with Crippen LogP contribution in [0.4, 0.5) is 5.69 Å². The number of amides is 1. The molecule has 4 rings (SSSR count). The Hall–Kier alpha value is -3.03. The quantitative estimate of drug-likeness (QED) is 0.610. The number of fused-ring (bicyclic) bond motifs is 1. The molecule has 0 N–H and O–H groups in total. The Morgan fingerprint density at radius 3 is 2.56 bits per heavy atom. The molecular formula is C22H18ClN3O. The number of nitrogens with zero attached hydrogens (tertiary/aromatic N) is 3. The molecule has 0 spiro atoms. The Balaban J connectivity index is 1.45. The fraction of sp³-hybridized carbons (Fsp3) is 0.182. The van der Waals surface area contributed by atoms with Crippen LogP contribution in [0.3, 0.4) is 0 Å². The normalized spacial score (nSPS) is 14.0. The third kappa shape index (κ3) is 3.89. The van der Waals surface area contributed by atoms with Gasteiger partial charge in [-0.2, -0.15) is 0 Å². The van der Waals surface area contributed by atoms with E-state index in [1.807, 2.05) is 59.5 Å². The van der Waals surface area contributed by atoms with Crippen LogP contribution in [0.5, 0.6) is 0 Å². The van der Waals surface area contributed by atoms with Crippen molar-refractivity contribution >= 4 is 34.1 Å². The number of aromatic nitrogens is 1. The van der Waals surface area contributed by atoms with Crippen molar-refractivity contribution in [2.45, 2.75) is 0 Å². The van der Waals surface area contributed by atoms with Crippen LogP contribution in [0.25, 0.3) is 10.9 Å². The number of anilines is 1. The van der Waals surface area contributed by atoms with E-state index in [9.17, 15) is 4.79 Å². The first-order chi connectivity index (χ1) is 13.2. The predicted octanol–water partition coefficient (Wildman–Crippen LogP) is 3.59. The van der Waals surface area contributed by atoms with E-state index in [2.05, 4.69) is 21.7 Å². The molecule has 1 aromatic heterocycles. The van der Waals surface area contributed by atoms with Gasteiger partial charge in [0.1, 0.15) is 0 Å². The molecule has 27 heavy (non-hydrogen) atoms. The number of carbonyl (C=O) groups excluding carboxylic acids is 1. The highest BCUT2D eigenvalue weighted by molar-refractivity contribution is 6.31. The Morgan fingerprint density at radius 2 is 1.78 bits per heavy atom. The van der Waals surface area contributed by atoms with Gasteiger partial charge in [-0.15, -0.1) is 0 Å². The summed E-state index contributed by atoms with van der Waals surface area (Å²) in [4.78, 5) is 20.9. The lowest BCUT2D eigenvalue weighted by atomic mass is 10.1. The number of benzene rings is 2. The minimum absolute atomic E-state index is 0.120. The lowest BCUT2D eigenvalue weighted by molar-refractivity contribution is -0.125. The van der Waals surface area contributed by atoms with E-state index in [0.717, 1.165) is 35.2 Å². The third-order valence-electron chi connectivity index (χ3n) is 4.68. The molecule has 0 aliphatic carbocycles. The van der Waals surface area contributed by atoms with Crippen LogP contribution < -0.4 is 4.90 Å². The topological polar surface area (TPSA) is 36.4 Å². The molecule has 1 amide bonds. The third-order valence-corrected chi connectivity index (χ3v) is 4.91. The molecule has 2 heterocycles. The first-order valence-corrected chi connectivity index (χ1v) is 9.24. The molecule has 1 fully saturated rings. The van der Waals surface area contributed by atoms with E-state index in [1.54, 1.807) is 6.20 Å². The van der Waals surface area contributed by atoms with Gasteiger partial charge in [0.2, 0.25) is 0 Å². The van der Waals surface area contributed by atoms with Crippen molar-refractivity contribution in [1.29, 1.82) is 0 Å². The van der Waals surface area contributed by atoms with Gasteiger partial charge in [0, 0.05) is 60.0 Å². The molecule has 1 aliphatic heterocycles. The zero-order valence-electron chi connectivity index (χ0n) is 14.7. The molecule has 0 atom stereocenters. The molecule has 0 bridgehead atoms. The Kier molecular flexibility index (Phi) is 4.95. The minimum Gasteiger partial charge on any atom is -0.367 e. The number of pyridine rings is 1. The summed E-state index contributed by atoms with van der Waals surface area (Å²) in [6, 6.07) is 17.3. The molecule has 3 aromatic rings. The standard InChI is InChI=1S/C22H18ClN3O/c23-18-7-8-19-20(16-18)24-11-10-21(19)25-12-14-26(15-13-25)22(27)9-6-17-4-2-1-3-5-17/h1-5,7-8,10-11,16H,12-15H2. The van der Waals surface area contributed by atoms with Gasteiger partial charge in [0.25, 0.3) is 5.91 Å². The summed E-state index contributed by atoms with van der Waals surface area (Å²) in [7, 11) is 0. The number of carbonyl (C=O) groups is 1. The van der Waals surface area contributed by atoms with Crippen LogP contribution in [-0.4, -0.2) is 42.0 Å². The number of halogens is 1. The van der Waals surface area contributed by atoms with Crippen molar-refractivity contribution in [1.82, 2.24) is 9.88 Å². The average Bonchev–Trinajstić information content (AvgIpc) is 2.72.